The zero-order valence-corrected chi connectivity index (χ0v) is 11.0. The second-order valence-corrected chi connectivity index (χ2v) is 5.94. The maximum atomic E-state index is 12.0. The number of rotatable bonds is 1. The van der Waals surface area contributed by atoms with Gasteiger partial charge in [0.15, 0.2) is 0 Å². The fourth-order valence-corrected chi connectivity index (χ4v) is 2.06. The quantitative estimate of drug-likeness (QED) is 0.746. The highest BCUT2D eigenvalue weighted by Gasteiger charge is 2.37. The van der Waals surface area contributed by atoms with Gasteiger partial charge in [0, 0.05) is 18.6 Å². The van der Waals surface area contributed by atoms with E-state index in [2.05, 4.69) is 13.8 Å². The standard InChI is InChI=1S/C12H24N2O2/c1-8(2)10-6-9(13)7-14(10)11(15)16-12(3,4)5/h8-10H,6-7,13H2,1-5H3/t9-,10-/m0/s1. The normalized spacial score (nSPS) is 26.3. The third kappa shape index (κ3) is 3.37. The van der Waals surface area contributed by atoms with Crippen LogP contribution < -0.4 is 5.73 Å². The number of nitrogens with zero attached hydrogens (tertiary/aromatic N) is 1. The molecule has 0 bridgehead atoms. The third-order valence-corrected chi connectivity index (χ3v) is 2.77. The van der Waals surface area contributed by atoms with Crippen LogP contribution in [0, 0.1) is 5.92 Å². The molecule has 2 atom stereocenters. The van der Waals surface area contributed by atoms with E-state index >= 15 is 0 Å². The summed E-state index contributed by atoms with van der Waals surface area (Å²) in [5.41, 5.74) is 5.47. The average Bonchev–Trinajstić information content (AvgIpc) is 2.44. The Morgan fingerprint density at radius 1 is 1.44 bits per heavy atom. The van der Waals surface area contributed by atoms with Crippen molar-refractivity contribution < 1.29 is 9.53 Å². The molecule has 1 heterocycles. The first-order valence-electron chi connectivity index (χ1n) is 5.96. The van der Waals surface area contributed by atoms with Gasteiger partial charge in [-0.1, -0.05) is 13.8 Å². The number of ether oxygens (including phenoxy) is 1. The molecule has 1 rings (SSSR count). The SMILES string of the molecule is CC(C)[C@@H]1C[C@H](N)CN1C(=O)OC(C)(C)C. The molecule has 1 aliphatic heterocycles. The number of hydrogen-bond donors (Lipinski definition) is 1. The molecule has 0 spiro atoms. The van der Waals surface area contributed by atoms with E-state index in [4.69, 9.17) is 10.5 Å². The molecule has 94 valence electrons. The van der Waals surface area contributed by atoms with E-state index in [1.807, 2.05) is 20.8 Å². The van der Waals surface area contributed by atoms with E-state index in [0.717, 1.165) is 6.42 Å². The summed E-state index contributed by atoms with van der Waals surface area (Å²) >= 11 is 0. The summed E-state index contributed by atoms with van der Waals surface area (Å²) in [5, 5.41) is 0. The highest BCUT2D eigenvalue weighted by atomic mass is 16.6. The van der Waals surface area contributed by atoms with E-state index in [-0.39, 0.29) is 18.2 Å². The molecule has 1 amide bonds. The number of nitrogens with two attached hydrogens (primary N) is 1. The predicted molar refractivity (Wildman–Crippen MR) is 64.2 cm³/mol. The van der Waals surface area contributed by atoms with Crippen LogP contribution in [0.5, 0.6) is 0 Å². The topological polar surface area (TPSA) is 55.6 Å². The van der Waals surface area contributed by atoms with Crippen LogP contribution in [0.25, 0.3) is 0 Å². The lowest BCUT2D eigenvalue weighted by Crippen LogP contribution is -2.42. The fraction of sp³-hybridized carbons (Fsp3) is 0.917. The summed E-state index contributed by atoms with van der Waals surface area (Å²) in [6, 6.07) is 0.296. The van der Waals surface area contributed by atoms with Crippen LogP contribution in [0.15, 0.2) is 0 Å². The highest BCUT2D eigenvalue weighted by Crippen LogP contribution is 2.25. The summed E-state index contributed by atoms with van der Waals surface area (Å²) in [5.74, 6) is 0.418. The fourth-order valence-electron chi connectivity index (χ4n) is 2.06. The molecule has 1 fully saturated rings. The Morgan fingerprint density at radius 2 is 2.00 bits per heavy atom. The van der Waals surface area contributed by atoms with E-state index in [1.54, 1.807) is 4.90 Å². The molecule has 4 heteroatoms. The Balaban J connectivity index is 2.67. The van der Waals surface area contributed by atoms with Gasteiger partial charge in [-0.25, -0.2) is 4.79 Å². The summed E-state index contributed by atoms with van der Waals surface area (Å²) in [6.45, 7) is 10.5. The Morgan fingerprint density at radius 3 is 2.44 bits per heavy atom. The van der Waals surface area contributed by atoms with Gasteiger partial charge in [0.1, 0.15) is 5.60 Å². The molecule has 0 aliphatic carbocycles. The summed E-state index contributed by atoms with van der Waals surface area (Å²) in [6.07, 6.45) is 0.635. The van der Waals surface area contributed by atoms with Crippen molar-refractivity contribution in [2.24, 2.45) is 11.7 Å². The molecule has 0 aromatic rings. The van der Waals surface area contributed by atoms with Crippen LogP contribution in [-0.4, -0.2) is 35.2 Å². The molecular weight excluding hydrogens is 204 g/mol. The van der Waals surface area contributed by atoms with Crippen molar-refractivity contribution in [3.8, 4) is 0 Å². The Hall–Kier alpha value is -0.770. The van der Waals surface area contributed by atoms with Crippen molar-refractivity contribution in [1.82, 2.24) is 4.90 Å². The van der Waals surface area contributed by atoms with Gasteiger partial charge in [-0.05, 0) is 33.1 Å². The molecule has 0 aromatic heterocycles. The van der Waals surface area contributed by atoms with Crippen LogP contribution in [0.1, 0.15) is 41.0 Å². The monoisotopic (exact) mass is 228 g/mol. The van der Waals surface area contributed by atoms with E-state index < -0.39 is 5.60 Å². The Labute approximate surface area is 98.1 Å². The maximum Gasteiger partial charge on any atom is 0.410 e. The van der Waals surface area contributed by atoms with Gasteiger partial charge in [0.2, 0.25) is 0 Å². The largest absolute Gasteiger partial charge is 0.444 e. The molecule has 2 N–H and O–H groups in total. The van der Waals surface area contributed by atoms with Crippen LogP contribution in [0.3, 0.4) is 0 Å². The molecule has 4 nitrogen and oxygen atoms in total. The van der Waals surface area contributed by atoms with Gasteiger partial charge in [0.05, 0.1) is 0 Å². The Kier molecular flexibility index (Phi) is 3.84. The van der Waals surface area contributed by atoms with E-state index in [0.29, 0.717) is 12.5 Å². The van der Waals surface area contributed by atoms with Crippen molar-refractivity contribution >= 4 is 6.09 Å². The minimum absolute atomic E-state index is 0.0833. The lowest BCUT2D eigenvalue weighted by molar-refractivity contribution is 0.0189. The number of hydrogen-bond acceptors (Lipinski definition) is 3. The molecule has 1 saturated heterocycles. The van der Waals surface area contributed by atoms with Gasteiger partial charge in [-0.3, -0.25) is 0 Å². The number of carbonyl (C=O) groups is 1. The first kappa shape index (κ1) is 13.3. The smallest absolute Gasteiger partial charge is 0.410 e. The zero-order valence-electron chi connectivity index (χ0n) is 11.0. The first-order chi connectivity index (χ1) is 7.20. The van der Waals surface area contributed by atoms with Crippen molar-refractivity contribution in [3.63, 3.8) is 0 Å². The van der Waals surface area contributed by atoms with Crippen molar-refractivity contribution in [3.05, 3.63) is 0 Å². The molecule has 0 saturated carbocycles. The lowest BCUT2D eigenvalue weighted by Gasteiger charge is -2.30. The molecule has 1 aliphatic rings. The molecule has 0 unspecified atom stereocenters. The minimum Gasteiger partial charge on any atom is -0.444 e. The maximum absolute atomic E-state index is 12.0. The predicted octanol–water partition coefficient (Wildman–Crippen LogP) is 1.98. The van der Waals surface area contributed by atoms with E-state index in [1.165, 1.54) is 0 Å². The number of likely N-dealkylation sites (tertiary alicyclic amines) is 1. The van der Waals surface area contributed by atoms with Gasteiger partial charge in [0.25, 0.3) is 0 Å². The molecule has 0 radical (unpaired) electrons. The second kappa shape index (κ2) is 4.62. The van der Waals surface area contributed by atoms with Gasteiger partial charge in [-0.15, -0.1) is 0 Å². The van der Waals surface area contributed by atoms with Crippen LogP contribution >= 0.6 is 0 Å². The molecule has 16 heavy (non-hydrogen) atoms. The summed E-state index contributed by atoms with van der Waals surface area (Å²) < 4.78 is 5.38. The molecule has 0 aromatic carbocycles. The second-order valence-electron chi connectivity index (χ2n) is 5.94. The first-order valence-corrected chi connectivity index (χ1v) is 5.96. The van der Waals surface area contributed by atoms with Crippen molar-refractivity contribution in [1.29, 1.82) is 0 Å². The van der Waals surface area contributed by atoms with Gasteiger partial charge < -0.3 is 15.4 Å². The number of carbonyl (C=O) groups excluding carboxylic acids is 1. The van der Waals surface area contributed by atoms with Crippen molar-refractivity contribution in [2.75, 3.05) is 6.54 Å². The van der Waals surface area contributed by atoms with Crippen LogP contribution in [0.2, 0.25) is 0 Å². The minimum atomic E-state index is -0.439. The number of amides is 1. The Bertz CT molecular complexity index is 258. The average molecular weight is 228 g/mol. The van der Waals surface area contributed by atoms with E-state index in [9.17, 15) is 4.79 Å². The molecular formula is C12H24N2O2. The highest BCUT2D eigenvalue weighted by molar-refractivity contribution is 5.69. The summed E-state index contributed by atoms with van der Waals surface area (Å²) in [4.78, 5) is 13.7. The zero-order chi connectivity index (χ0) is 12.5. The van der Waals surface area contributed by atoms with Gasteiger partial charge in [-0.2, -0.15) is 0 Å². The van der Waals surface area contributed by atoms with Crippen LogP contribution in [-0.2, 0) is 4.74 Å². The lowest BCUT2D eigenvalue weighted by atomic mass is 10.0. The third-order valence-electron chi connectivity index (χ3n) is 2.77. The van der Waals surface area contributed by atoms with Gasteiger partial charge >= 0.3 is 6.09 Å². The summed E-state index contributed by atoms with van der Waals surface area (Å²) in [7, 11) is 0. The van der Waals surface area contributed by atoms with Crippen molar-refractivity contribution in [2.45, 2.75) is 58.7 Å². The van der Waals surface area contributed by atoms with Crippen LogP contribution in [0.4, 0.5) is 4.79 Å².